The molecule has 4 rings (SSSR count). The molecule has 2 aromatic carbocycles. The zero-order valence-corrected chi connectivity index (χ0v) is 16.2. The molecule has 28 heavy (non-hydrogen) atoms. The monoisotopic (exact) mass is 414 g/mol. The van der Waals surface area contributed by atoms with E-state index in [1.165, 1.54) is 12.1 Å². The van der Waals surface area contributed by atoms with Crippen molar-refractivity contribution in [3.63, 3.8) is 0 Å². The number of nitrogens with one attached hydrogen (secondary N) is 1. The van der Waals surface area contributed by atoms with Gasteiger partial charge in [0.05, 0.1) is 22.7 Å². The Hall–Kier alpha value is -2.84. The molecule has 0 bridgehead atoms. The number of hydrogen-bond donors (Lipinski definition) is 1. The van der Waals surface area contributed by atoms with E-state index in [4.69, 9.17) is 11.6 Å². The maximum absolute atomic E-state index is 12.6. The van der Waals surface area contributed by atoms with Crippen molar-refractivity contribution in [2.45, 2.75) is 17.9 Å². The van der Waals surface area contributed by atoms with Crippen LogP contribution in [0.5, 0.6) is 0 Å². The first-order valence-corrected chi connectivity index (χ1v) is 10.0. The number of amides is 1. The Morgan fingerprint density at radius 3 is 2.57 bits per heavy atom. The molecule has 0 aliphatic carbocycles. The van der Waals surface area contributed by atoms with Crippen molar-refractivity contribution < 1.29 is 9.72 Å². The van der Waals surface area contributed by atoms with E-state index in [-0.39, 0.29) is 18.0 Å². The lowest BCUT2D eigenvalue weighted by Gasteiger charge is -2.11. The molecule has 1 aliphatic rings. The van der Waals surface area contributed by atoms with Gasteiger partial charge in [0.25, 0.3) is 5.69 Å². The highest BCUT2D eigenvalue weighted by Gasteiger charge is 2.25. The molecule has 1 N–H and O–H groups in total. The highest BCUT2D eigenvalue weighted by atomic mass is 35.5. The van der Waals surface area contributed by atoms with Gasteiger partial charge in [-0.05, 0) is 29.8 Å². The fourth-order valence-corrected chi connectivity index (χ4v) is 4.17. The van der Waals surface area contributed by atoms with Crippen molar-refractivity contribution in [3.05, 3.63) is 80.5 Å². The second kappa shape index (κ2) is 7.65. The quantitative estimate of drug-likeness (QED) is 0.494. The molecule has 0 fully saturated rings. The average molecular weight is 415 g/mol. The fourth-order valence-electron chi connectivity index (χ4n) is 3.01. The summed E-state index contributed by atoms with van der Waals surface area (Å²) in [5.41, 5.74) is 3.44. The number of nitro groups is 1. The van der Waals surface area contributed by atoms with Gasteiger partial charge >= 0.3 is 0 Å². The third-order valence-corrected chi connectivity index (χ3v) is 5.62. The second-order valence-corrected chi connectivity index (χ2v) is 7.73. The molecule has 142 valence electrons. The predicted octanol–water partition coefficient (Wildman–Crippen LogP) is 4.36. The molecular weight excluding hydrogens is 400 g/mol. The summed E-state index contributed by atoms with van der Waals surface area (Å²) in [7, 11) is 0. The number of aromatic nitrogens is 2. The number of fused-ring (bicyclic) bond motifs is 1. The molecule has 1 aliphatic heterocycles. The third kappa shape index (κ3) is 3.74. The van der Waals surface area contributed by atoms with E-state index in [0.717, 1.165) is 28.3 Å². The van der Waals surface area contributed by atoms with Crippen molar-refractivity contribution in [1.29, 1.82) is 0 Å². The number of thioether (sulfide) groups is 1. The lowest BCUT2D eigenvalue weighted by atomic mass is 10.1. The van der Waals surface area contributed by atoms with Crippen LogP contribution in [0.15, 0.2) is 48.5 Å². The predicted molar refractivity (Wildman–Crippen MR) is 109 cm³/mol. The van der Waals surface area contributed by atoms with Gasteiger partial charge in [0.1, 0.15) is 5.82 Å². The summed E-state index contributed by atoms with van der Waals surface area (Å²) in [4.78, 5) is 23.0. The number of anilines is 1. The Kier molecular flexibility index (Phi) is 5.06. The van der Waals surface area contributed by atoms with Crippen LogP contribution in [0.2, 0.25) is 5.02 Å². The number of carbonyl (C=O) groups is 1. The minimum absolute atomic E-state index is 0.00678. The van der Waals surface area contributed by atoms with E-state index < -0.39 is 4.92 Å². The van der Waals surface area contributed by atoms with E-state index in [0.29, 0.717) is 16.5 Å². The summed E-state index contributed by atoms with van der Waals surface area (Å²) < 4.78 is 1.65. The van der Waals surface area contributed by atoms with E-state index >= 15 is 0 Å². The maximum atomic E-state index is 12.6. The van der Waals surface area contributed by atoms with Crippen LogP contribution >= 0.6 is 23.4 Å². The molecule has 0 saturated heterocycles. The lowest BCUT2D eigenvalue weighted by Crippen LogP contribution is -2.18. The van der Waals surface area contributed by atoms with Crippen molar-refractivity contribution in [2.75, 3.05) is 5.32 Å². The Balaban J connectivity index is 1.61. The van der Waals surface area contributed by atoms with Gasteiger partial charge in [-0.2, -0.15) is 16.9 Å². The summed E-state index contributed by atoms with van der Waals surface area (Å²) >= 11 is 7.63. The van der Waals surface area contributed by atoms with Gasteiger partial charge in [-0.3, -0.25) is 14.9 Å². The maximum Gasteiger partial charge on any atom is 0.269 e. The first-order chi connectivity index (χ1) is 13.5. The van der Waals surface area contributed by atoms with Crippen molar-refractivity contribution in [1.82, 2.24) is 9.78 Å². The van der Waals surface area contributed by atoms with Gasteiger partial charge in [-0.25, -0.2) is 4.68 Å². The normalized spacial score (nSPS) is 12.6. The number of hydrogen-bond acceptors (Lipinski definition) is 5. The molecule has 1 amide bonds. The van der Waals surface area contributed by atoms with Crippen LogP contribution in [0, 0.1) is 10.1 Å². The van der Waals surface area contributed by atoms with Crippen molar-refractivity contribution >= 4 is 40.8 Å². The fraction of sp³-hybridized carbons (Fsp3) is 0.158. The Morgan fingerprint density at radius 1 is 1.18 bits per heavy atom. The smallest absolute Gasteiger partial charge is 0.269 e. The van der Waals surface area contributed by atoms with Crippen LogP contribution in [0.1, 0.15) is 16.8 Å². The summed E-state index contributed by atoms with van der Waals surface area (Å²) in [5.74, 6) is 1.99. The van der Waals surface area contributed by atoms with Crippen LogP contribution < -0.4 is 5.32 Å². The Morgan fingerprint density at radius 2 is 1.89 bits per heavy atom. The summed E-state index contributed by atoms with van der Waals surface area (Å²) in [5, 5.41) is 19.1. The lowest BCUT2D eigenvalue weighted by molar-refractivity contribution is -0.384. The minimum atomic E-state index is -0.446. The molecular formula is C19H15ClN4O3S. The Labute approximate surface area is 169 Å². The molecule has 3 aromatic rings. The van der Waals surface area contributed by atoms with Gasteiger partial charge in [0, 0.05) is 34.2 Å². The zero-order valence-electron chi connectivity index (χ0n) is 14.6. The van der Waals surface area contributed by atoms with Gasteiger partial charge in [-0.15, -0.1) is 0 Å². The topological polar surface area (TPSA) is 90.1 Å². The van der Waals surface area contributed by atoms with Gasteiger partial charge < -0.3 is 5.32 Å². The molecule has 7 nitrogen and oxygen atoms in total. The van der Waals surface area contributed by atoms with E-state index in [1.807, 2.05) is 12.1 Å². The number of benzene rings is 2. The van der Waals surface area contributed by atoms with Crippen LogP contribution in [-0.4, -0.2) is 20.6 Å². The van der Waals surface area contributed by atoms with Crippen LogP contribution in [0.25, 0.3) is 5.69 Å². The van der Waals surface area contributed by atoms with Crippen molar-refractivity contribution in [3.8, 4) is 5.69 Å². The SMILES string of the molecule is O=C(Cc1ccc(Cl)cc1)Nc1c2c(nn1-c1ccc([N+](=O)[O-])cc1)CSC2. The molecule has 1 aromatic heterocycles. The number of non-ortho nitro benzene ring substituents is 1. The Bertz CT molecular complexity index is 1050. The summed E-state index contributed by atoms with van der Waals surface area (Å²) in [6.07, 6.45) is 0.213. The van der Waals surface area contributed by atoms with E-state index in [1.54, 1.807) is 40.7 Å². The number of nitrogens with zero attached hydrogens (tertiary/aromatic N) is 3. The van der Waals surface area contributed by atoms with Crippen LogP contribution in [0.4, 0.5) is 11.5 Å². The van der Waals surface area contributed by atoms with E-state index in [9.17, 15) is 14.9 Å². The molecule has 2 heterocycles. The van der Waals surface area contributed by atoms with Gasteiger partial charge in [0.15, 0.2) is 0 Å². The number of halogens is 1. The average Bonchev–Trinajstić information content (AvgIpc) is 3.26. The molecule has 0 unspecified atom stereocenters. The molecule has 0 radical (unpaired) electrons. The van der Waals surface area contributed by atoms with Crippen LogP contribution in [-0.2, 0) is 22.7 Å². The molecule has 0 spiro atoms. The second-order valence-electron chi connectivity index (χ2n) is 6.30. The summed E-state index contributed by atoms with van der Waals surface area (Å²) in [6, 6.07) is 13.2. The minimum Gasteiger partial charge on any atom is -0.310 e. The zero-order chi connectivity index (χ0) is 19.7. The first-order valence-electron chi connectivity index (χ1n) is 8.49. The van der Waals surface area contributed by atoms with Crippen molar-refractivity contribution in [2.24, 2.45) is 0 Å². The summed E-state index contributed by atoms with van der Waals surface area (Å²) in [6.45, 7) is 0. The largest absolute Gasteiger partial charge is 0.310 e. The number of rotatable bonds is 5. The third-order valence-electron chi connectivity index (χ3n) is 4.39. The number of nitro benzene ring substituents is 1. The highest BCUT2D eigenvalue weighted by Crippen LogP contribution is 2.36. The van der Waals surface area contributed by atoms with Gasteiger partial charge in [-0.1, -0.05) is 23.7 Å². The standard InChI is InChI=1S/C19H15ClN4O3S/c20-13-3-1-12(2-4-13)9-18(25)21-19-16-10-28-11-17(16)22-23(19)14-5-7-15(8-6-14)24(26)27/h1-8H,9-11H2,(H,21,25). The first kappa shape index (κ1) is 18.5. The molecule has 0 saturated carbocycles. The van der Waals surface area contributed by atoms with Crippen LogP contribution in [0.3, 0.4) is 0 Å². The van der Waals surface area contributed by atoms with E-state index in [2.05, 4.69) is 10.4 Å². The number of carbonyl (C=O) groups excluding carboxylic acids is 1. The van der Waals surface area contributed by atoms with Gasteiger partial charge in [0.2, 0.25) is 5.91 Å². The molecule has 9 heteroatoms. The molecule has 0 atom stereocenters. The highest BCUT2D eigenvalue weighted by molar-refractivity contribution is 7.98.